The summed E-state index contributed by atoms with van der Waals surface area (Å²) in [5.74, 6) is -0.518. The summed E-state index contributed by atoms with van der Waals surface area (Å²) >= 11 is 1.86. The van der Waals surface area contributed by atoms with Gasteiger partial charge in [0.1, 0.15) is 5.75 Å². The third-order valence-electron chi connectivity index (χ3n) is 2.82. The van der Waals surface area contributed by atoms with E-state index >= 15 is 0 Å². The van der Waals surface area contributed by atoms with Gasteiger partial charge in [0, 0.05) is 12.0 Å². The van der Waals surface area contributed by atoms with Crippen LogP contribution >= 0.6 is 22.6 Å². The van der Waals surface area contributed by atoms with E-state index in [0.29, 0.717) is 15.7 Å². The molecule has 0 aliphatic carbocycles. The molecule has 0 saturated heterocycles. The van der Waals surface area contributed by atoms with Crippen molar-refractivity contribution in [2.75, 3.05) is 6.61 Å². The number of benzene rings is 1. The fraction of sp³-hybridized carbons (Fsp3) is 0.417. The maximum absolute atomic E-state index is 12.9. The molecule has 1 aliphatic rings. The molecule has 0 saturated carbocycles. The van der Waals surface area contributed by atoms with Crippen LogP contribution in [-0.4, -0.2) is 23.9 Å². The van der Waals surface area contributed by atoms with Gasteiger partial charge in [0.2, 0.25) is 0 Å². The Kier molecular flexibility index (Phi) is 4.40. The molecule has 1 N–H and O–H groups in total. The van der Waals surface area contributed by atoms with Crippen molar-refractivity contribution in [1.29, 1.82) is 0 Å². The molecule has 1 aromatic carbocycles. The molecule has 0 unspecified atom stereocenters. The molecule has 0 radical (unpaired) electrons. The van der Waals surface area contributed by atoms with Crippen molar-refractivity contribution < 1.29 is 27.8 Å². The molecule has 2 rings (SSSR count). The van der Waals surface area contributed by atoms with E-state index in [0.717, 1.165) is 0 Å². The number of halogens is 4. The van der Waals surface area contributed by atoms with Gasteiger partial charge in [-0.1, -0.05) is 6.07 Å². The van der Waals surface area contributed by atoms with Crippen LogP contribution in [0.25, 0.3) is 0 Å². The van der Waals surface area contributed by atoms with Gasteiger partial charge < -0.3 is 9.84 Å². The zero-order valence-electron chi connectivity index (χ0n) is 10.5. The van der Waals surface area contributed by atoms with E-state index in [2.05, 4.69) is 10.2 Å². The smallest absolute Gasteiger partial charge is 0.442 e. The lowest BCUT2D eigenvalue weighted by Crippen LogP contribution is -2.30. The third-order valence-corrected chi connectivity index (χ3v) is 3.67. The Morgan fingerprint density at radius 2 is 2.05 bits per heavy atom. The lowest BCUT2D eigenvalue weighted by atomic mass is 10.0. The summed E-state index contributed by atoms with van der Waals surface area (Å²) in [7, 11) is 0. The Hall–Kier alpha value is -1.39. The third kappa shape index (κ3) is 3.44. The molecule has 1 aliphatic heterocycles. The minimum atomic E-state index is -4.56. The normalized spacial score (nSPS) is 15.8. The number of nitrogens with zero attached hydrogens (tertiary/aromatic N) is 2. The second kappa shape index (κ2) is 5.78. The molecule has 1 aromatic rings. The van der Waals surface area contributed by atoms with Crippen molar-refractivity contribution in [1.82, 2.24) is 0 Å². The van der Waals surface area contributed by atoms with E-state index in [1.54, 1.807) is 0 Å². The maximum atomic E-state index is 12.9. The van der Waals surface area contributed by atoms with Crippen LogP contribution in [0, 0.1) is 3.57 Å². The van der Waals surface area contributed by atoms with Crippen molar-refractivity contribution in [3.63, 3.8) is 0 Å². The van der Waals surface area contributed by atoms with Gasteiger partial charge in [0.15, 0.2) is 0 Å². The molecule has 1 heterocycles. The van der Waals surface area contributed by atoms with Crippen molar-refractivity contribution in [3.8, 4) is 5.75 Å². The van der Waals surface area contributed by atoms with Gasteiger partial charge in [-0.3, -0.25) is 4.79 Å². The van der Waals surface area contributed by atoms with E-state index in [1.807, 2.05) is 22.6 Å². The first kappa shape index (κ1) is 16.0. The number of rotatable bonds is 6. The molecule has 5 nitrogen and oxygen atoms in total. The minimum absolute atomic E-state index is 0.0242. The molecular weight excluding hydrogens is 404 g/mol. The van der Waals surface area contributed by atoms with Gasteiger partial charge >= 0.3 is 17.8 Å². The monoisotopic (exact) mass is 414 g/mol. The number of aliphatic carboxylic acids is 1. The molecule has 0 bridgehead atoms. The molecule has 114 valence electrons. The largest absolute Gasteiger partial charge is 0.492 e. The van der Waals surface area contributed by atoms with E-state index in [9.17, 15) is 18.0 Å². The summed E-state index contributed by atoms with van der Waals surface area (Å²) in [4.78, 5) is 10.3. The first-order valence-corrected chi connectivity index (χ1v) is 6.99. The van der Waals surface area contributed by atoms with Crippen LogP contribution < -0.4 is 4.74 Å². The van der Waals surface area contributed by atoms with Crippen molar-refractivity contribution in [3.05, 3.63) is 27.3 Å². The zero-order valence-corrected chi connectivity index (χ0v) is 12.7. The molecule has 9 heteroatoms. The molecule has 0 atom stereocenters. The lowest BCUT2D eigenvalue weighted by molar-refractivity contribution is -0.166. The van der Waals surface area contributed by atoms with E-state index in [4.69, 9.17) is 9.84 Å². The highest BCUT2D eigenvalue weighted by atomic mass is 127. The number of ether oxygens (including phenoxy) is 1. The minimum Gasteiger partial charge on any atom is -0.492 e. The van der Waals surface area contributed by atoms with Gasteiger partial charge in [-0.25, -0.2) is 0 Å². The Bertz CT molecular complexity index is 584. The molecule has 0 fully saturated rings. The summed E-state index contributed by atoms with van der Waals surface area (Å²) in [6.07, 6.45) is -4.26. The van der Waals surface area contributed by atoms with Gasteiger partial charge in [0.25, 0.3) is 0 Å². The second-order valence-corrected chi connectivity index (χ2v) is 5.52. The average molecular weight is 414 g/mol. The SMILES string of the molecule is O=C(O)CCCOc1ccc(C2(C(F)(F)F)N=N2)cc1I. The number of alkyl halides is 3. The zero-order chi connectivity index (χ0) is 15.7. The molecular formula is C12H10F3IN2O3. The van der Waals surface area contributed by atoms with Gasteiger partial charge in [-0.15, -0.1) is 10.2 Å². The van der Waals surface area contributed by atoms with Gasteiger partial charge in [0.05, 0.1) is 10.2 Å². The van der Waals surface area contributed by atoms with E-state index < -0.39 is 17.8 Å². The number of hydrogen-bond donors (Lipinski definition) is 1. The molecule has 21 heavy (non-hydrogen) atoms. The highest BCUT2D eigenvalue weighted by Crippen LogP contribution is 2.52. The molecule has 0 spiro atoms. The standard InChI is InChI=1S/C12H10F3IN2O3/c13-12(14,15)11(17-18-11)7-3-4-9(8(16)6-7)21-5-1-2-10(19)20/h3-4,6H,1-2,5H2,(H,19,20). The average Bonchev–Trinajstić information content (AvgIpc) is 3.16. The van der Waals surface area contributed by atoms with Gasteiger partial charge in [-0.05, 0) is 41.1 Å². The summed E-state index contributed by atoms with van der Waals surface area (Å²) in [6.45, 7) is 0.181. The fourth-order valence-corrected chi connectivity index (χ4v) is 2.35. The lowest BCUT2D eigenvalue weighted by Gasteiger charge is -2.16. The predicted octanol–water partition coefficient (Wildman–Crippen LogP) is 3.72. The Morgan fingerprint density at radius 3 is 2.52 bits per heavy atom. The first-order valence-electron chi connectivity index (χ1n) is 5.92. The Morgan fingerprint density at radius 1 is 1.38 bits per heavy atom. The van der Waals surface area contributed by atoms with E-state index in [1.165, 1.54) is 18.2 Å². The van der Waals surface area contributed by atoms with Crippen LogP contribution in [0.2, 0.25) is 0 Å². The summed E-state index contributed by atoms with van der Waals surface area (Å²) in [5.41, 5.74) is -2.49. The second-order valence-electron chi connectivity index (χ2n) is 4.36. The Balaban J connectivity index is 2.03. The summed E-state index contributed by atoms with van der Waals surface area (Å²) < 4.78 is 44.4. The quantitative estimate of drug-likeness (QED) is 0.570. The van der Waals surface area contributed by atoms with Crippen LogP contribution in [0.5, 0.6) is 5.75 Å². The Labute approximate surface area is 131 Å². The highest BCUT2D eigenvalue weighted by molar-refractivity contribution is 14.1. The van der Waals surface area contributed by atoms with Crippen LogP contribution in [-0.2, 0) is 10.5 Å². The topological polar surface area (TPSA) is 71.2 Å². The first-order chi connectivity index (χ1) is 9.76. The number of carboxylic acids is 1. The van der Waals surface area contributed by atoms with Crippen LogP contribution in [0.1, 0.15) is 18.4 Å². The number of hydrogen-bond acceptors (Lipinski definition) is 4. The summed E-state index contributed by atoms with van der Waals surface area (Å²) in [6, 6.07) is 4.00. The number of carboxylic acid groups (broad SMARTS) is 1. The maximum Gasteiger partial charge on any atom is 0.442 e. The van der Waals surface area contributed by atoms with Crippen molar-refractivity contribution in [2.24, 2.45) is 10.2 Å². The predicted molar refractivity (Wildman–Crippen MR) is 74.1 cm³/mol. The molecule has 0 aromatic heterocycles. The molecule has 0 amide bonds. The van der Waals surface area contributed by atoms with Crippen LogP contribution in [0.15, 0.2) is 28.4 Å². The van der Waals surface area contributed by atoms with Crippen molar-refractivity contribution in [2.45, 2.75) is 24.7 Å². The van der Waals surface area contributed by atoms with Crippen LogP contribution in [0.4, 0.5) is 13.2 Å². The highest BCUT2D eigenvalue weighted by Gasteiger charge is 2.65. The fourth-order valence-electron chi connectivity index (χ4n) is 1.68. The van der Waals surface area contributed by atoms with Crippen LogP contribution in [0.3, 0.4) is 0 Å². The van der Waals surface area contributed by atoms with E-state index in [-0.39, 0.29) is 18.6 Å². The number of carbonyl (C=O) groups is 1. The van der Waals surface area contributed by atoms with Gasteiger partial charge in [-0.2, -0.15) is 13.2 Å². The van der Waals surface area contributed by atoms with Crippen molar-refractivity contribution >= 4 is 28.6 Å². The summed E-state index contributed by atoms with van der Waals surface area (Å²) in [5, 5.41) is 14.8.